The first-order valence-corrected chi connectivity index (χ1v) is 7.04. The van der Waals surface area contributed by atoms with Crippen LogP contribution in [0.2, 0.25) is 0 Å². The lowest BCUT2D eigenvalue weighted by Crippen LogP contribution is -3.00. The van der Waals surface area contributed by atoms with Gasteiger partial charge in [-0.3, -0.25) is 0 Å². The van der Waals surface area contributed by atoms with Crippen LogP contribution in [0.5, 0.6) is 0 Å². The van der Waals surface area contributed by atoms with Crippen LogP contribution in [0.15, 0.2) is 59.4 Å². The van der Waals surface area contributed by atoms with Crippen LogP contribution in [0.4, 0.5) is 0 Å². The highest BCUT2D eigenvalue weighted by atomic mass is 79.9. The fourth-order valence-electron chi connectivity index (χ4n) is 2.02. The summed E-state index contributed by atoms with van der Waals surface area (Å²) >= 11 is 0. The van der Waals surface area contributed by atoms with E-state index in [1.807, 2.05) is 49.1 Å². The third-order valence-electron chi connectivity index (χ3n) is 3.18. The van der Waals surface area contributed by atoms with E-state index in [0.29, 0.717) is 0 Å². The Kier molecular flexibility index (Phi) is 11.7. The van der Waals surface area contributed by atoms with Crippen LogP contribution in [0.25, 0.3) is 0 Å². The molecule has 2 rings (SSSR count). The van der Waals surface area contributed by atoms with Crippen molar-refractivity contribution in [3.63, 3.8) is 0 Å². The number of pyridine rings is 2. The molecule has 0 amide bonds. The molecule has 0 unspecified atom stereocenters. The second kappa shape index (κ2) is 12.6. The average molecular weight is 460 g/mol. The van der Waals surface area contributed by atoms with Crippen LogP contribution in [-0.2, 0) is 17.9 Å². The summed E-state index contributed by atoms with van der Waals surface area (Å²) < 4.78 is 4.24. The fraction of sp³-hybridized carbons (Fsp3) is 0.250. The van der Waals surface area contributed by atoms with Crippen molar-refractivity contribution in [2.75, 3.05) is 7.11 Å². The molecule has 0 saturated heterocycles. The number of aromatic nitrogens is 2. The van der Waals surface area contributed by atoms with Gasteiger partial charge in [0.05, 0.1) is 18.9 Å². The molecular formula is C16H20Br2N4O2. The zero-order chi connectivity index (χ0) is 15.6. The van der Waals surface area contributed by atoms with E-state index in [9.17, 15) is 0 Å². The smallest absolute Gasteiger partial charge is 0.169 e. The SMILES string of the molecule is CO/N=C/c1cc[n+](CCC[n+]2ccc(/C=N\O)cc2)cc1.[Br-].[Br-]. The number of nitrogens with zero attached hydrogens (tertiary/aromatic N) is 4. The number of hydrogen-bond donors (Lipinski definition) is 1. The van der Waals surface area contributed by atoms with Gasteiger partial charge >= 0.3 is 0 Å². The van der Waals surface area contributed by atoms with Crippen molar-refractivity contribution in [1.82, 2.24) is 0 Å². The summed E-state index contributed by atoms with van der Waals surface area (Å²) in [4.78, 5) is 4.65. The van der Waals surface area contributed by atoms with Gasteiger partial charge < -0.3 is 44.0 Å². The predicted molar refractivity (Wildman–Crippen MR) is 81.9 cm³/mol. The minimum Gasteiger partial charge on any atom is -1.00 e. The largest absolute Gasteiger partial charge is 1.00 e. The van der Waals surface area contributed by atoms with Gasteiger partial charge in [0.1, 0.15) is 7.11 Å². The zero-order valence-electron chi connectivity index (χ0n) is 13.3. The lowest BCUT2D eigenvalue weighted by Gasteiger charge is -1.97. The maximum atomic E-state index is 8.47. The van der Waals surface area contributed by atoms with E-state index in [-0.39, 0.29) is 34.0 Å². The molecule has 2 aromatic heterocycles. The summed E-state index contributed by atoms with van der Waals surface area (Å²) in [5.74, 6) is 0. The molecule has 0 spiro atoms. The molecule has 0 saturated carbocycles. The van der Waals surface area contributed by atoms with E-state index in [0.717, 1.165) is 30.6 Å². The second-order valence-corrected chi connectivity index (χ2v) is 4.75. The highest BCUT2D eigenvalue weighted by Gasteiger charge is 2.04. The molecule has 0 radical (unpaired) electrons. The summed E-state index contributed by atoms with van der Waals surface area (Å²) in [5, 5.41) is 15.2. The van der Waals surface area contributed by atoms with E-state index in [2.05, 4.69) is 24.3 Å². The summed E-state index contributed by atoms with van der Waals surface area (Å²) in [6, 6.07) is 7.82. The van der Waals surface area contributed by atoms with Crippen molar-refractivity contribution in [2.24, 2.45) is 10.3 Å². The second-order valence-electron chi connectivity index (χ2n) is 4.75. The number of rotatable bonds is 7. The Morgan fingerprint density at radius 3 is 1.79 bits per heavy atom. The van der Waals surface area contributed by atoms with E-state index in [4.69, 9.17) is 5.21 Å². The van der Waals surface area contributed by atoms with Gasteiger partial charge in [-0.1, -0.05) is 10.3 Å². The molecule has 0 aliphatic rings. The summed E-state index contributed by atoms with van der Waals surface area (Å²) in [5.41, 5.74) is 1.88. The van der Waals surface area contributed by atoms with Gasteiger partial charge in [0, 0.05) is 35.4 Å². The maximum absolute atomic E-state index is 8.47. The van der Waals surface area contributed by atoms with Crippen molar-refractivity contribution >= 4 is 12.4 Å². The molecule has 24 heavy (non-hydrogen) atoms. The molecular weight excluding hydrogens is 440 g/mol. The Morgan fingerprint density at radius 2 is 1.38 bits per heavy atom. The Morgan fingerprint density at radius 1 is 0.917 bits per heavy atom. The minimum atomic E-state index is 0. The maximum Gasteiger partial charge on any atom is 0.169 e. The lowest BCUT2D eigenvalue weighted by molar-refractivity contribution is -0.726. The van der Waals surface area contributed by atoms with Crippen molar-refractivity contribution in [3.8, 4) is 0 Å². The third kappa shape index (κ3) is 7.65. The molecule has 8 heteroatoms. The minimum absolute atomic E-state index is 0. The standard InChI is InChI=1S/C16H19N4O2.2BrH/c1-22-18-14-16-5-11-20(12-6-16)8-2-7-19-9-3-15(4-10-19)13-17-21;;/h3-6,9-14H,2,7-8H2,1H3;2*1H/q+1;;/p-1/b18-14+;;. The molecule has 0 fully saturated rings. The van der Waals surface area contributed by atoms with E-state index in [1.54, 1.807) is 6.21 Å². The van der Waals surface area contributed by atoms with E-state index < -0.39 is 0 Å². The van der Waals surface area contributed by atoms with Crippen molar-refractivity contribution < 1.29 is 53.1 Å². The summed E-state index contributed by atoms with van der Waals surface area (Å²) in [6.07, 6.45) is 12.1. The fourth-order valence-corrected chi connectivity index (χ4v) is 2.02. The first kappa shape index (κ1) is 22.2. The van der Waals surface area contributed by atoms with E-state index >= 15 is 0 Å². The highest BCUT2D eigenvalue weighted by molar-refractivity contribution is 5.78. The molecule has 130 valence electrons. The Hall–Kier alpha value is -1.80. The molecule has 0 bridgehead atoms. The van der Waals surface area contributed by atoms with Gasteiger partial charge in [0.15, 0.2) is 37.9 Å². The zero-order valence-corrected chi connectivity index (χ0v) is 16.5. The molecule has 0 atom stereocenters. The van der Waals surface area contributed by atoms with Gasteiger partial charge in [-0.2, -0.15) is 0 Å². The molecule has 2 aromatic rings. The molecule has 6 nitrogen and oxygen atoms in total. The highest BCUT2D eigenvalue weighted by Crippen LogP contribution is 1.93. The molecule has 0 aliphatic carbocycles. The number of aryl methyl sites for hydroxylation is 2. The number of halogens is 2. The lowest BCUT2D eigenvalue weighted by atomic mass is 10.3. The monoisotopic (exact) mass is 458 g/mol. The first-order valence-electron chi connectivity index (χ1n) is 7.04. The Labute approximate surface area is 162 Å². The van der Waals surface area contributed by atoms with Crippen LogP contribution in [0.1, 0.15) is 17.5 Å². The van der Waals surface area contributed by atoms with Crippen LogP contribution < -0.4 is 43.1 Å². The predicted octanol–water partition coefficient (Wildman–Crippen LogP) is -4.85. The van der Waals surface area contributed by atoms with Crippen molar-refractivity contribution in [3.05, 3.63) is 60.2 Å². The van der Waals surface area contributed by atoms with Crippen LogP contribution >= 0.6 is 0 Å². The molecule has 0 aliphatic heterocycles. The van der Waals surface area contributed by atoms with Crippen molar-refractivity contribution in [1.29, 1.82) is 0 Å². The number of hydrogen-bond acceptors (Lipinski definition) is 4. The molecule has 0 aromatic carbocycles. The Bertz CT molecular complexity index is 632. The summed E-state index contributed by atoms with van der Waals surface area (Å²) in [6.45, 7) is 1.87. The third-order valence-corrected chi connectivity index (χ3v) is 3.18. The van der Waals surface area contributed by atoms with E-state index in [1.165, 1.54) is 13.3 Å². The average Bonchev–Trinajstić information content (AvgIpc) is 2.56. The van der Waals surface area contributed by atoms with Gasteiger partial charge in [-0.25, -0.2) is 9.13 Å². The number of oxime groups is 2. The molecule has 2 heterocycles. The first-order chi connectivity index (χ1) is 10.8. The van der Waals surface area contributed by atoms with Crippen LogP contribution in [0.3, 0.4) is 0 Å². The van der Waals surface area contributed by atoms with Gasteiger partial charge in [-0.05, 0) is 0 Å². The van der Waals surface area contributed by atoms with Crippen LogP contribution in [-0.4, -0.2) is 24.7 Å². The van der Waals surface area contributed by atoms with Crippen molar-refractivity contribution in [2.45, 2.75) is 19.5 Å². The van der Waals surface area contributed by atoms with Gasteiger partial charge in [0.2, 0.25) is 0 Å². The Balaban J connectivity index is 0.00000264. The quantitative estimate of drug-likeness (QED) is 0.195. The normalized spacial score (nSPS) is 10.4. The molecule has 1 N–H and O–H groups in total. The van der Waals surface area contributed by atoms with Crippen LogP contribution in [0, 0.1) is 0 Å². The topological polar surface area (TPSA) is 61.9 Å². The van der Waals surface area contributed by atoms with Gasteiger partial charge in [-0.15, -0.1) is 0 Å². The van der Waals surface area contributed by atoms with Gasteiger partial charge in [0.25, 0.3) is 0 Å². The summed E-state index contributed by atoms with van der Waals surface area (Å²) in [7, 11) is 1.53.